The second-order valence-electron chi connectivity index (χ2n) is 8.74. The van der Waals surface area contributed by atoms with Crippen molar-refractivity contribution in [3.05, 3.63) is 72.2 Å². The first-order valence-corrected chi connectivity index (χ1v) is 11.7. The molecule has 2 amide bonds. The Bertz CT molecular complexity index is 1230. The lowest BCUT2D eigenvalue weighted by atomic mass is 10.0. The molecule has 0 radical (unpaired) electrons. The van der Waals surface area contributed by atoms with Crippen molar-refractivity contribution in [3.8, 4) is 5.88 Å². The molecule has 4 rings (SSSR count). The normalized spacial score (nSPS) is 13.9. The number of methoxy groups -OCH3 is 1. The van der Waals surface area contributed by atoms with Gasteiger partial charge in [-0.15, -0.1) is 0 Å². The fourth-order valence-electron chi connectivity index (χ4n) is 3.77. The minimum atomic E-state index is -4.79. The van der Waals surface area contributed by atoms with Gasteiger partial charge in [0.25, 0.3) is 5.91 Å². The molecular formula is C26H26F3N5O3. The summed E-state index contributed by atoms with van der Waals surface area (Å²) in [6, 6.07) is 8.69. The van der Waals surface area contributed by atoms with Crippen molar-refractivity contribution in [2.45, 2.75) is 37.9 Å². The first-order valence-electron chi connectivity index (χ1n) is 11.7. The molecule has 194 valence electrons. The fraction of sp³-hybridized carbons (Fsp3) is 0.308. The van der Waals surface area contributed by atoms with E-state index in [9.17, 15) is 22.8 Å². The molecule has 11 heteroatoms. The van der Waals surface area contributed by atoms with Crippen molar-refractivity contribution in [3.63, 3.8) is 0 Å². The van der Waals surface area contributed by atoms with Gasteiger partial charge >= 0.3 is 6.18 Å². The van der Waals surface area contributed by atoms with Gasteiger partial charge in [0, 0.05) is 29.8 Å². The Balaban J connectivity index is 1.53. The summed E-state index contributed by atoms with van der Waals surface area (Å²) in [4.78, 5) is 33.9. The molecule has 0 spiro atoms. The van der Waals surface area contributed by atoms with E-state index in [0.29, 0.717) is 36.0 Å². The van der Waals surface area contributed by atoms with Gasteiger partial charge in [-0.1, -0.05) is 12.8 Å². The zero-order valence-corrected chi connectivity index (χ0v) is 20.0. The zero-order chi connectivity index (χ0) is 26.4. The van der Waals surface area contributed by atoms with Crippen molar-refractivity contribution >= 4 is 28.9 Å². The van der Waals surface area contributed by atoms with E-state index in [0.717, 1.165) is 25.0 Å². The van der Waals surface area contributed by atoms with Crippen LogP contribution in [0.1, 0.15) is 41.6 Å². The third-order valence-corrected chi connectivity index (χ3v) is 5.93. The lowest BCUT2D eigenvalue weighted by molar-refractivity contribution is -0.137. The molecule has 1 atom stereocenters. The van der Waals surface area contributed by atoms with Crippen LogP contribution in [0.4, 0.5) is 30.2 Å². The van der Waals surface area contributed by atoms with Crippen LogP contribution in [0.5, 0.6) is 5.88 Å². The molecule has 37 heavy (non-hydrogen) atoms. The molecule has 1 unspecified atom stereocenters. The van der Waals surface area contributed by atoms with Crippen molar-refractivity contribution in [1.29, 1.82) is 0 Å². The Kier molecular flexibility index (Phi) is 7.90. The highest BCUT2D eigenvalue weighted by molar-refractivity contribution is 6.02. The lowest BCUT2D eigenvalue weighted by Crippen LogP contribution is -2.44. The van der Waals surface area contributed by atoms with Gasteiger partial charge in [0.05, 0.1) is 30.1 Å². The Hall–Kier alpha value is -4.15. The SMILES string of the molecule is COc1ccc(NC(=O)C(CCC2CC2)NC(=O)c2ccc(Nc3ccncc3)cc2C(F)(F)F)cn1. The third kappa shape index (κ3) is 7.18. The largest absolute Gasteiger partial charge is 0.481 e. The second-order valence-corrected chi connectivity index (χ2v) is 8.74. The molecule has 3 N–H and O–H groups in total. The molecule has 1 aliphatic rings. The number of carbonyl (C=O) groups is 2. The number of nitrogens with one attached hydrogen (secondary N) is 3. The van der Waals surface area contributed by atoms with Gasteiger partial charge in [0.15, 0.2) is 0 Å². The Morgan fingerprint density at radius 2 is 1.78 bits per heavy atom. The van der Waals surface area contributed by atoms with Crippen LogP contribution in [0.2, 0.25) is 0 Å². The number of carbonyl (C=O) groups excluding carboxylic acids is 2. The van der Waals surface area contributed by atoms with E-state index in [1.54, 1.807) is 24.3 Å². The maximum atomic E-state index is 13.9. The number of benzene rings is 1. The van der Waals surface area contributed by atoms with Crippen molar-refractivity contribution in [1.82, 2.24) is 15.3 Å². The number of pyridine rings is 2. The van der Waals surface area contributed by atoms with Crippen LogP contribution in [0.3, 0.4) is 0 Å². The molecule has 2 aromatic heterocycles. The number of ether oxygens (including phenoxy) is 1. The number of halogens is 3. The molecule has 3 aromatic rings. The molecule has 1 aliphatic carbocycles. The smallest absolute Gasteiger partial charge is 0.417 e. The van der Waals surface area contributed by atoms with Crippen molar-refractivity contribution in [2.24, 2.45) is 5.92 Å². The van der Waals surface area contributed by atoms with Gasteiger partial charge in [-0.25, -0.2) is 4.98 Å². The molecule has 0 aliphatic heterocycles. The van der Waals surface area contributed by atoms with Crippen LogP contribution in [0, 0.1) is 5.92 Å². The summed E-state index contributed by atoms with van der Waals surface area (Å²) < 4.78 is 46.8. The number of nitrogens with zero attached hydrogens (tertiary/aromatic N) is 2. The first kappa shape index (κ1) is 25.9. The molecule has 1 aromatic carbocycles. The number of rotatable bonds is 10. The molecule has 2 heterocycles. The summed E-state index contributed by atoms with van der Waals surface area (Å²) in [5.41, 5.74) is -0.595. The van der Waals surface area contributed by atoms with E-state index < -0.39 is 35.2 Å². The van der Waals surface area contributed by atoms with Crippen LogP contribution < -0.4 is 20.7 Å². The van der Waals surface area contributed by atoms with Gasteiger partial charge in [0.2, 0.25) is 11.8 Å². The van der Waals surface area contributed by atoms with E-state index in [4.69, 9.17) is 4.74 Å². The minimum Gasteiger partial charge on any atom is -0.481 e. The van der Waals surface area contributed by atoms with E-state index in [1.165, 1.54) is 31.8 Å². The quantitative estimate of drug-likeness (QED) is 0.345. The van der Waals surface area contributed by atoms with Gasteiger partial charge < -0.3 is 20.7 Å². The summed E-state index contributed by atoms with van der Waals surface area (Å²) >= 11 is 0. The van der Waals surface area contributed by atoms with Crippen LogP contribution in [-0.2, 0) is 11.0 Å². The Morgan fingerprint density at radius 1 is 1.05 bits per heavy atom. The number of amides is 2. The van der Waals surface area contributed by atoms with E-state index in [2.05, 4.69) is 25.9 Å². The number of hydrogen-bond acceptors (Lipinski definition) is 6. The topological polar surface area (TPSA) is 105 Å². The summed E-state index contributed by atoms with van der Waals surface area (Å²) in [6.07, 6.45) is 2.67. The van der Waals surface area contributed by atoms with Crippen LogP contribution >= 0.6 is 0 Å². The number of aromatic nitrogens is 2. The average molecular weight is 514 g/mol. The number of hydrogen-bond donors (Lipinski definition) is 3. The molecular weight excluding hydrogens is 487 g/mol. The maximum Gasteiger partial charge on any atom is 0.417 e. The predicted octanol–water partition coefficient (Wildman–Crippen LogP) is 5.17. The average Bonchev–Trinajstić information content (AvgIpc) is 3.71. The van der Waals surface area contributed by atoms with Crippen LogP contribution in [0.25, 0.3) is 0 Å². The lowest BCUT2D eigenvalue weighted by Gasteiger charge is -2.20. The molecule has 0 bridgehead atoms. The van der Waals surface area contributed by atoms with Gasteiger partial charge in [0.1, 0.15) is 6.04 Å². The maximum absolute atomic E-state index is 13.9. The highest BCUT2D eigenvalue weighted by Crippen LogP contribution is 2.36. The van der Waals surface area contributed by atoms with Gasteiger partial charge in [-0.2, -0.15) is 13.2 Å². The van der Waals surface area contributed by atoms with E-state index >= 15 is 0 Å². The van der Waals surface area contributed by atoms with Crippen molar-refractivity contribution in [2.75, 3.05) is 17.7 Å². The molecule has 1 fully saturated rings. The summed E-state index contributed by atoms with van der Waals surface area (Å²) in [7, 11) is 1.46. The minimum absolute atomic E-state index is 0.158. The molecule has 1 saturated carbocycles. The Labute approximate surface area is 211 Å². The van der Waals surface area contributed by atoms with Gasteiger partial charge in [-0.3, -0.25) is 14.6 Å². The summed E-state index contributed by atoms with van der Waals surface area (Å²) in [5, 5.41) is 8.05. The van der Waals surface area contributed by atoms with Gasteiger partial charge in [-0.05, 0) is 55.2 Å². The fourth-order valence-corrected chi connectivity index (χ4v) is 3.77. The number of anilines is 3. The second kappa shape index (κ2) is 11.3. The standard InChI is InChI=1S/C26H26F3N5O3/c1-37-23-9-6-19(15-31-23)33-25(36)22(8-4-16-2-3-16)34-24(35)20-7-5-18(14-21(20)26(27,28)29)32-17-10-12-30-13-11-17/h5-7,9-16,22H,2-4,8H2,1H3,(H,30,32)(H,33,36)(H,34,35). The highest BCUT2D eigenvalue weighted by atomic mass is 19.4. The predicted molar refractivity (Wildman–Crippen MR) is 132 cm³/mol. The molecule has 8 nitrogen and oxygen atoms in total. The monoisotopic (exact) mass is 513 g/mol. The zero-order valence-electron chi connectivity index (χ0n) is 20.0. The Morgan fingerprint density at radius 3 is 2.41 bits per heavy atom. The van der Waals surface area contributed by atoms with E-state index in [1.807, 2.05) is 0 Å². The summed E-state index contributed by atoms with van der Waals surface area (Å²) in [5.74, 6) is -0.700. The molecule has 0 saturated heterocycles. The number of alkyl halides is 3. The van der Waals surface area contributed by atoms with Crippen LogP contribution in [0.15, 0.2) is 61.1 Å². The van der Waals surface area contributed by atoms with Crippen molar-refractivity contribution < 1.29 is 27.5 Å². The highest BCUT2D eigenvalue weighted by Gasteiger charge is 2.36. The first-order chi connectivity index (χ1) is 17.7. The van der Waals surface area contributed by atoms with Crippen LogP contribution in [-0.4, -0.2) is 34.9 Å². The van der Waals surface area contributed by atoms with E-state index in [-0.39, 0.29) is 5.69 Å². The summed E-state index contributed by atoms with van der Waals surface area (Å²) in [6.45, 7) is 0. The third-order valence-electron chi connectivity index (χ3n) is 5.93.